The number of hydrogen-bond donors (Lipinski definition) is 3. The average Bonchev–Trinajstić information content (AvgIpc) is 3.46. The Morgan fingerprint density at radius 2 is 1.74 bits per heavy atom. The largest absolute Gasteiger partial charge is 0.384 e. The van der Waals surface area contributed by atoms with E-state index in [1.807, 2.05) is 31.2 Å². The maximum absolute atomic E-state index is 14.6. The normalized spacial score (nSPS) is 14.3. The number of aliphatic hydroxyl groups is 1. The van der Waals surface area contributed by atoms with Gasteiger partial charge in [0.05, 0.1) is 18.1 Å². The van der Waals surface area contributed by atoms with Gasteiger partial charge in [-0.05, 0) is 30.4 Å². The van der Waals surface area contributed by atoms with Gasteiger partial charge in [0.15, 0.2) is 0 Å². The number of nitrogens with zero attached hydrogens (tertiary/aromatic N) is 4. The third kappa shape index (κ3) is 4.51. The Hall–Kier alpha value is -3.46. The first-order valence-corrected chi connectivity index (χ1v) is 9.93. The van der Waals surface area contributed by atoms with E-state index in [0.29, 0.717) is 18.5 Å². The lowest BCUT2D eigenvalue weighted by molar-refractivity contribution is -0.0241. The zero-order valence-electron chi connectivity index (χ0n) is 16.9. The number of aromatic nitrogens is 6. The molecule has 4 rings (SSSR count). The SMILES string of the molecule is CC(CCc1ccc(-c2cn[nH]n2)cc1)C(O)(Cc1cn[nH]n1)c1ccc(F)cc1F. The molecule has 0 spiro atoms. The van der Waals surface area contributed by atoms with Gasteiger partial charge in [0.25, 0.3) is 0 Å². The zero-order chi connectivity index (χ0) is 21.8. The molecule has 0 saturated carbocycles. The van der Waals surface area contributed by atoms with Gasteiger partial charge in [-0.1, -0.05) is 37.3 Å². The zero-order valence-corrected chi connectivity index (χ0v) is 16.9. The summed E-state index contributed by atoms with van der Waals surface area (Å²) in [7, 11) is 0. The van der Waals surface area contributed by atoms with Crippen molar-refractivity contribution in [2.75, 3.05) is 0 Å². The number of rotatable bonds is 8. The molecule has 0 aliphatic heterocycles. The highest BCUT2D eigenvalue weighted by molar-refractivity contribution is 5.57. The summed E-state index contributed by atoms with van der Waals surface area (Å²) in [6.45, 7) is 1.85. The standard InChI is InChI=1S/C22H22F2N6O/c1-14(2-3-15-4-6-16(7-5-15)21-13-26-30-28-21)22(31,11-18-12-25-29-27-18)19-9-8-17(23)10-20(19)24/h4-10,12-14,31H,2-3,11H2,1H3,(H,25,27,29)(H,26,28,30). The lowest BCUT2D eigenvalue weighted by Gasteiger charge is -2.34. The van der Waals surface area contributed by atoms with Crippen molar-refractivity contribution in [1.82, 2.24) is 30.8 Å². The fourth-order valence-corrected chi connectivity index (χ4v) is 3.77. The summed E-state index contributed by atoms with van der Waals surface area (Å²) < 4.78 is 28.1. The Morgan fingerprint density at radius 1 is 1.00 bits per heavy atom. The number of H-pyrrole nitrogens is 2. The molecule has 0 saturated heterocycles. The topological polar surface area (TPSA) is 103 Å². The summed E-state index contributed by atoms with van der Waals surface area (Å²) in [4.78, 5) is 0. The lowest BCUT2D eigenvalue weighted by Crippen LogP contribution is -2.37. The van der Waals surface area contributed by atoms with E-state index in [2.05, 4.69) is 30.8 Å². The summed E-state index contributed by atoms with van der Waals surface area (Å²) >= 11 is 0. The second kappa shape index (κ2) is 8.73. The highest BCUT2D eigenvalue weighted by Crippen LogP contribution is 2.37. The smallest absolute Gasteiger partial charge is 0.132 e. The highest BCUT2D eigenvalue weighted by atomic mass is 19.1. The van der Waals surface area contributed by atoms with Crippen LogP contribution < -0.4 is 0 Å². The van der Waals surface area contributed by atoms with Crippen molar-refractivity contribution in [1.29, 1.82) is 0 Å². The van der Waals surface area contributed by atoms with Crippen LogP contribution in [0.1, 0.15) is 30.2 Å². The van der Waals surface area contributed by atoms with Crippen LogP contribution in [0, 0.1) is 17.6 Å². The fourth-order valence-electron chi connectivity index (χ4n) is 3.77. The maximum atomic E-state index is 14.6. The van der Waals surface area contributed by atoms with E-state index in [0.717, 1.165) is 29.0 Å². The first-order valence-electron chi connectivity index (χ1n) is 9.93. The summed E-state index contributed by atoms with van der Waals surface area (Å²) in [6.07, 6.45) is 4.44. The van der Waals surface area contributed by atoms with Crippen molar-refractivity contribution in [3.63, 3.8) is 0 Å². The number of benzene rings is 2. The van der Waals surface area contributed by atoms with Gasteiger partial charge in [0.2, 0.25) is 0 Å². The Morgan fingerprint density at radius 3 is 2.39 bits per heavy atom. The van der Waals surface area contributed by atoms with E-state index in [4.69, 9.17) is 0 Å². The number of hydrogen-bond acceptors (Lipinski definition) is 5. The Balaban J connectivity index is 1.53. The molecule has 2 atom stereocenters. The minimum absolute atomic E-state index is 0.0470. The monoisotopic (exact) mass is 424 g/mol. The molecule has 0 bridgehead atoms. The second-order valence-corrected chi connectivity index (χ2v) is 7.68. The Bertz CT molecular complexity index is 1120. The molecule has 0 aliphatic carbocycles. The van der Waals surface area contributed by atoms with Crippen molar-refractivity contribution in [2.45, 2.75) is 31.8 Å². The predicted octanol–water partition coefficient (Wildman–Crippen LogP) is 3.57. The van der Waals surface area contributed by atoms with Gasteiger partial charge in [-0.15, -0.1) is 0 Å². The molecular weight excluding hydrogens is 402 g/mol. The van der Waals surface area contributed by atoms with Gasteiger partial charge < -0.3 is 5.11 Å². The molecule has 3 N–H and O–H groups in total. The number of aryl methyl sites for hydroxylation is 1. The Labute approximate surface area is 177 Å². The highest BCUT2D eigenvalue weighted by Gasteiger charge is 2.38. The van der Waals surface area contributed by atoms with Gasteiger partial charge in [-0.25, -0.2) is 8.78 Å². The first kappa shape index (κ1) is 20.8. The summed E-state index contributed by atoms with van der Waals surface area (Å²) in [5.41, 5.74) is 1.74. The lowest BCUT2D eigenvalue weighted by atomic mass is 9.76. The third-order valence-electron chi connectivity index (χ3n) is 5.66. The summed E-state index contributed by atoms with van der Waals surface area (Å²) in [6, 6.07) is 11.1. The first-order chi connectivity index (χ1) is 15.0. The quantitative estimate of drug-likeness (QED) is 0.401. The minimum atomic E-state index is -1.57. The van der Waals surface area contributed by atoms with Gasteiger partial charge in [-0.2, -0.15) is 30.8 Å². The molecule has 2 aromatic heterocycles. The molecule has 2 heterocycles. The van der Waals surface area contributed by atoms with Crippen molar-refractivity contribution < 1.29 is 13.9 Å². The number of halogens is 2. The van der Waals surface area contributed by atoms with Crippen molar-refractivity contribution in [2.24, 2.45) is 5.92 Å². The minimum Gasteiger partial charge on any atom is -0.384 e. The van der Waals surface area contributed by atoms with Crippen LogP contribution in [0.3, 0.4) is 0 Å². The maximum Gasteiger partial charge on any atom is 0.132 e. The van der Waals surface area contributed by atoms with Crippen LogP contribution in [0.4, 0.5) is 8.78 Å². The van der Waals surface area contributed by atoms with E-state index >= 15 is 0 Å². The summed E-state index contributed by atoms with van der Waals surface area (Å²) in [5, 5.41) is 32.3. The van der Waals surface area contributed by atoms with E-state index in [-0.39, 0.29) is 17.9 Å². The van der Waals surface area contributed by atoms with Crippen molar-refractivity contribution >= 4 is 0 Å². The fraction of sp³-hybridized carbons (Fsp3) is 0.273. The van der Waals surface area contributed by atoms with E-state index in [1.54, 1.807) is 6.20 Å². The molecule has 7 nitrogen and oxygen atoms in total. The van der Waals surface area contributed by atoms with Crippen LogP contribution >= 0.6 is 0 Å². The molecule has 31 heavy (non-hydrogen) atoms. The van der Waals surface area contributed by atoms with Gasteiger partial charge >= 0.3 is 0 Å². The van der Waals surface area contributed by atoms with Crippen molar-refractivity contribution in [3.8, 4) is 11.3 Å². The second-order valence-electron chi connectivity index (χ2n) is 7.68. The Kier molecular flexibility index (Phi) is 5.85. The molecule has 0 radical (unpaired) electrons. The van der Waals surface area contributed by atoms with Crippen LogP contribution in [0.5, 0.6) is 0 Å². The predicted molar refractivity (Wildman–Crippen MR) is 110 cm³/mol. The third-order valence-corrected chi connectivity index (χ3v) is 5.66. The van der Waals surface area contributed by atoms with E-state index < -0.39 is 17.2 Å². The van der Waals surface area contributed by atoms with E-state index in [1.165, 1.54) is 12.3 Å². The van der Waals surface area contributed by atoms with E-state index in [9.17, 15) is 13.9 Å². The molecule has 0 fully saturated rings. The molecule has 0 amide bonds. The van der Waals surface area contributed by atoms with Crippen LogP contribution in [-0.4, -0.2) is 35.9 Å². The van der Waals surface area contributed by atoms with Crippen LogP contribution in [0.25, 0.3) is 11.3 Å². The van der Waals surface area contributed by atoms with Crippen LogP contribution in [-0.2, 0) is 18.4 Å². The number of nitrogens with one attached hydrogen (secondary N) is 2. The van der Waals surface area contributed by atoms with Gasteiger partial charge in [-0.3, -0.25) is 0 Å². The number of aromatic amines is 2. The van der Waals surface area contributed by atoms with Crippen LogP contribution in [0.2, 0.25) is 0 Å². The average molecular weight is 424 g/mol. The van der Waals surface area contributed by atoms with Crippen LogP contribution in [0.15, 0.2) is 54.9 Å². The molecule has 160 valence electrons. The molecule has 2 aromatic carbocycles. The van der Waals surface area contributed by atoms with Gasteiger partial charge in [0, 0.05) is 23.6 Å². The summed E-state index contributed by atoms with van der Waals surface area (Å²) in [5.74, 6) is -1.82. The van der Waals surface area contributed by atoms with Gasteiger partial charge in [0.1, 0.15) is 22.9 Å². The molecule has 4 aromatic rings. The molecule has 2 unspecified atom stereocenters. The van der Waals surface area contributed by atoms with Crippen molar-refractivity contribution in [3.05, 3.63) is 83.3 Å². The molecule has 9 heteroatoms. The molecule has 0 aliphatic rings. The molecular formula is C22H22F2N6O.